The van der Waals surface area contributed by atoms with E-state index in [-0.39, 0.29) is 6.04 Å². The summed E-state index contributed by atoms with van der Waals surface area (Å²) < 4.78 is 1.95. The Morgan fingerprint density at radius 2 is 2.46 bits per heavy atom. The van der Waals surface area contributed by atoms with Crippen LogP contribution in [-0.2, 0) is 12.3 Å². The van der Waals surface area contributed by atoms with Crippen LogP contribution in [0.3, 0.4) is 0 Å². The highest BCUT2D eigenvalue weighted by molar-refractivity contribution is 7.98. The maximum atomic E-state index is 5.65. The topological polar surface area (TPSA) is 43.8 Å². The first kappa shape index (κ1) is 10.6. The number of thioether (sulfide) groups is 1. The molecule has 1 aromatic heterocycles. The zero-order chi connectivity index (χ0) is 9.68. The van der Waals surface area contributed by atoms with E-state index in [1.165, 1.54) is 5.56 Å². The molecular weight excluding hydrogens is 182 g/mol. The van der Waals surface area contributed by atoms with Crippen LogP contribution in [0.1, 0.15) is 19.4 Å². The standard InChI is InChI=1S/C9H17N3S/c1-3-12-5-9(4-11-12)7-13-6-8(2)10/h4-5,8H,3,6-7,10H2,1-2H3. The van der Waals surface area contributed by atoms with Crippen molar-refractivity contribution in [1.82, 2.24) is 9.78 Å². The third kappa shape index (κ3) is 3.83. The molecule has 0 aliphatic rings. The summed E-state index contributed by atoms with van der Waals surface area (Å²) in [5.41, 5.74) is 6.93. The average Bonchev–Trinajstić information content (AvgIpc) is 2.52. The van der Waals surface area contributed by atoms with Crippen LogP contribution in [0.2, 0.25) is 0 Å². The minimum Gasteiger partial charge on any atom is -0.327 e. The number of hydrogen-bond donors (Lipinski definition) is 1. The molecule has 1 aromatic rings. The highest BCUT2D eigenvalue weighted by atomic mass is 32.2. The predicted octanol–water partition coefficient (Wildman–Crippen LogP) is 1.48. The van der Waals surface area contributed by atoms with Crippen LogP contribution in [0, 0.1) is 0 Å². The molecule has 0 spiro atoms. The fourth-order valence-electron chi connectivity index (χ4n) is 1.02. The fourth-order valence-corrected chi connectivity index (χ4v) is 1.89. The van der Waals surface area contributed by atoms with E-state index in [1.54, 1.807) is 0 Å². The Bertz CT molecular complexity index is 245. The van der Waals surface area contributed by atoms with Gasteiger partial charge in [0.05, 0.1) is 6.20 Å². The third-order valence-corrected chi connectivity index (χ3v) is 2.96. The second kappa shape index (κ2) is 5.29. The Balaban J connectivity index is 2.28. The molecule has 0 radical (unpaired) electrons. The van der Waals surface area contributed by atoms with Gasteiger partial charge < -0.3 is 5.73 Å². The van der Waals surface area contributed by atoms with E-state index in [9.17, 15) is 0 Å². The number of nitrogens with two attached hydrogens (primary N) is 1. The number of rotatable bonds is 5. The van der Waals surface area contributed by atoms with Gasteiger partial charge in [-0.15, -0.1) is 0 Å². The van der Waals surface area contributed by atoms with Crippen LogP contribution in [0.4, 0.5) is 0 Å². The minimum absolute atomic E-state index is 0.284. The van der Waals surface area contributed by atoms with E-state index in [2.05, 4.69) is 18.2 Å². The molecule has 74 valence electrons. The number of aryl methyl sites for hydroxylation is 1. The summed E-state index contributed by atoms with van der Waals surface area (Å²) in [6.07, 6.45) is 4.02. The molecule has 0 saturated carbocycles. The molecular formula is C9H17N3S. The van der Waals surface area contributed by atoms with Gasteiger partial charge in [-0.25, -0.2) is 0 Å². The molecule has 0 aromatic carbocycles. The van der Waals surface area contributed by atoms with Crippen molar-refractivity contribution in [2.45, 2.75) is 32.2 Å². The predicted molar refractivity (Wildman–Crippen MR) is 57.7 cm³/mol. The van der Waals surface area contributed by atoms with Gasteiger partial charge in [0.1, 0.15) is 0 Å². The maximum absolute atomic E-state index is 5.65. The molecule has 1 atom stereocenters. The first-order valence-corrected chi connectivity index (χ1v) is 5.72. The Hall–Kier alpha value is -0.480. The van der Waals surface area contributed by atoms with E-state index in [0.717, 1.165) is 18.1 Å². The average molecular weight is 199 g/mol. The highest BCUT2D eigenvalue weighted by Gasteiger charge is 1.99. The lowest BCUT2D eigenvalue weighted by atomic mass is 10.4. The van der Waals surface area contributed by atoms with Gasteiger partial charge in [-0.05, 0) is 19.4 Å². The van der Waals surface area contributed by atoms with Crippen molar-refractivity contribution in [3.8, 4) is 0 Å². The van der Waals surface area contributed by atoms with Crippen LogP contribution in [0.25, 0.3) is 0 Å². The van der Waals surface area contributed by atoms with Gasteiger partial charge in [0.15, 0.2) is 0 Å². The normalized spacial score (nSPS) is 13.2. The molecule has 3 nitrogen and oxygen atoms in total. The Labute approximate surface area is 83.7 Å². The summed E-state index contributed by atoms with van der Waals surface area (Å²) in [4.78, 5) is 0. The Kier molecular flexibility index (Phi) is 4.32. The molecule has 0 saturated heterocycles. The van der Waals surface area contributed by atoms with Crippen LogP contribution < -0.4 is 5.73 Å². The summed E-state index contributed by atoms with van der Waals surface area (Å²) in [6.45, 7) is 5.06. The van der Waals surface area contributed by atoms with Gasteiger partial charge in [-0.1, -0.05) is 0 Å². The van der Waals surface area contributed by atoms with E-state index in [4.69, 9.17) is 5.73 Å². The molecule has 2 N–H and O–H groups in total. The molecule has 13 heavy (non-hydrogen) atoms. The van der Waals surface area contributed by atoms with Gasteiger partial charge in [0.2, 0.25) is 0 Å². The third-order valence-electron chi connectivity index (χ3n) is 1.66. The van der Waals surface area contributed by atoms with Crippen molar-refractivity contribution >= 4 is 11.8 Å². The zero-order valence-corrected chi connectivity index (χ0v) is 9.05. The van der Waals surface area contributed by atoms with Gasteiger partial charge in [0.25, 0.3) is 0 Å². The maximum Gasteiger partial charge on any atom is 0.0530 e. The van der Waals surface area contributed by atoms with Crippen molar-refractivity contribution in [3.05, 3.63) is 18.0 Å². The Morgan fingerprint density at radius 1 is 1.69 bits per heavy atom. The monoisotopic (exact) mass is 199 g/mol. The SMILES string of the molecule is CCn1cc(CSCC(C)N)cn1. The van der Waals surface area contributed by atoms with Gasteiger partial charge in [-0.3, -0.25) is 4.68 Å². The highest BCUT2D eigenvalue weighted by Crippen LogP contribution is 2.11. The van der Waals surface area contributed by atoms with Crippen LogP contribution >= 0.6 is 11.8 Å². The van der Waals surface area contributed by atoms with E-state index < -0.39 is 0 Å². The first-order chi connectivity index (χ1) is 6.22. The lowest BCUT2D eigenvalue weighted by molar-refractivity contribution is 0.659. The molecule has 0 amide bonds. The van der Waals surface area contributed by atoms with Gasteiger partial charge >= 0.3 is 0 Å². The molecule has 0 aliphatic carbocycles. The summed E-state index contributed by atoms with van der Waals surface area (Å²) in [5, 5.41) is 4.20. The summed E-state index contributed by atoms with van der Waals surface area (Å²) in [5.74, 6) is 2.03. The zero-order valence-electron chi connectivity index (χ0n) is 8.23. The van der Waals surface area contributed by atoms with Crippen LogP contribution in [0.15, 0.2) is 12.4 Å². The Morgan fingerprint density at radius 3 is 3.00 bits per heavy atom. The lowest BCUT2D eigenvalue weighted by Gasteiger charge is -2.02. The smallest absolute Gasteiger partial charge is 0.0530 e. The van der Waals surface area contributed by atoms with Crippen molar-refractivity contribution in [2.24, 2.45) is 5.73 Å². The molecule has 1 rings (SSSR count). The molecule has 1 heterocycles. The van der Waals surface area contributed by atoms with Gasteiger partial charge in [0, 0.05) is 30.3 Å². The number of nitrogens with zero attached hydrogens (tertiary/aromatic N) is 2. The second-order valence-corrected chi connectivity index (χ2v) is 4.23. The second-order valence-electron chi connectivity index (χ2n) is 3.20. The van der Waals surface area contributed by atoms with Crippen molar-refractivity contribution in [3.63, 3.8) is 0 Å². The van der Waals surface area contributed by atoms with E-state index >= 15 is 0 Å². The number of aromatic nitrogens is 2. The molecule has 1 unspecified atom stereocenters. The minimum atomic E-state index is 0.284. The molecule has 0 aliphatic heterocycles. The fraction of sp³-hybridized carbons (Fsp3) is 0.667. The van der Waals surface area contributed by atoms with Crippen molar-refractivity contribution in [2.75, 3.05) is 5.75 Å². The largest absolute Gasteiger partial charge is 0.327 e. The molecule has 4 heteroatoms. The summed E-state index contributed by atoms with van der Waals surface area (Å²) >= 11 is 1.86. The molecule has 0 fully saturated rings. The lowest BCUT2D eigenvalue weighted by Crippen LogP contribution is -2.17. The van der Waals surface area contributed by atoms with Gasteiger partial charge in [-0.2, -0.15) is 16.9 Å². The first-order valence-electron chi connectivity index (χ1n) is 4.57. The van der Waals surface area contributed by atoms with Crippen molar-refractivity contribution < 1.29 is 0 Å². The van der Waals surface area contributed by atoms with Crippen LogP contribution in [-0.4, -0.2) is 21.6 Å². The van der Waals surface area contributed by atoms with E-state index in [0.29, 0.717) is 0 Å². The molecule has 0 bridgehead atoms. The quantitative estimate of drug-likeness (QED) is 0.781. The summed E-state index contributed by atoms with van der Waals surface area (Å²) in [6, 6.07) is 0.284. The van der Waals surface area contributed by atoms with Crippen LogP contribution in [0.5, 0.6) is 0 Å². The van der Waals surface area contributed by atoms with E-state index in [1.807, 2.05) is 29.6 Å². The summed E-state index contributed by atoms with van der Waals surface area (Å²) in [7, 11) is 0. The number of hydrogen-bond acceptors (Lipinski definition) is 3. The van der Waals surface area contributed by atoms with Crippen molar-refractivity contribution in [1.29, 1.82) is 0 Å².